The Bertz CT molecular complexity index is 507. The fraction of sp³-hybridized carbons (Fsp3) is 0.385. The molecule has 4 N–H and O–H groups in total. The number of hydrogen-bond donors (Lipinski definition) is 3. The van der Waals surface area contributed by atoms with E-state index >= 15 is 0 Å². The first-order valence-electron chi connectivity index (χ1n) is 5.90. The van der Waals surface area contributed by atoms with Gasteiger partial charge in [0.05, 0.1) is 0 Å². The van der Waals surface area contributed by atoms with Crippen molar-refractivity contribution in [3.8, 4) is 0 Å². The normalized spacial score (nSPS) is 11.2. The predicted molar refractivity (Wildman–Crippen MR) is 74.5 cm³/mol. The fourth-order valence-corrected chi connectivity index (χ4v) is 2.95. The summed E-state index contributed by atoms with van der Waals surface area (Å²) in [6, 6.07) is 3.97. The van der Waals surface area contributed by atoms with Crippen molar-refractivity contribution in [1.29, 1.82) is 0 Å². The van der Waals surface area contributed by atoms with Crippen LogP contribution in [-0.2, 0) is 6.42 Å². The van der Waals surface area contributed by atoms with Crippen LogP contribution >= 0.6 is 11.8 Å². The maximum Gasteiger partial charge on any atom is 0.0469 e. The zero-order chi connectivity index (χ0) is 12.3. The quantitative estimate of drug-likeness (QED) is 0.565. The number of anilines is 1. The number of aryl methyl sites for hydroxylation is 1. The van der Waals surface area contributed by atoms with Gasteiger partial charge in [0.15, 0.2) is 0 Å². The van der Waals surface area contributed by atoms with E-state index in [4.69, 9.17) is 10.8 Å². The van der Waals surface area contributed by atoms with Crippen molar-refractivity contribution in [2.75, 3.05) is 18.1 Å². The highest BCUT2D eigenvalue weighted by molar-refractivity contribution is 7.99. The van der Waals surface area contributed by atoms with Crippen LogP contribution in [0.2, 0.25) is 0 Å². The molecule has 0 bridgehead atoms. The van der Waals surface area contributed by atoms with Crippen LogP contribution in [-0.4, -0.2) is 22.5 Å². The van der Waals surface area contributed by atoms with E-state index in [2.05, 4.69) is 11.9 Å². The van der Waals surface area contributed by atoms with Gasteiger partial charge < -0.3 is 15.8 Å². The summed E-state index contributed by atoms with van der Waals surface area (Å²) in [7, 11) is 0. The molecule has 0 radical (unpaired) electrons. The van der Waals surface area contributed by atoms with Gasteiger partial charge in [-0.05, 0) is 36.3 Å². The summed E-state index contributed by atoms with van der Waals surface area (Å²) in [6.45, 7) is 2.36. The lowest BCUT2D eigenvalue weighted by Gasteiger charge is -2.07. The van der Waals surface area contributed by atoms with E-state index in [1.165, 1.54) is 15.8 Å². The van der Waals surface area contributed by atoms with Gasteiger partial charge in [0, 0.05) is 34.3 Å². The van der Waals surface area contributed by atoms with Gasteiger partial charge >= 0.3 is 0 Å². The van der Waals surface area contributed by atoms with Crippen molar-refractivity contribution in [3.63, 3.8) is 0 Å². The lowest BCUT2D eigenvalue weighted by atomic mass is 10.1. The maximum absolute atomic E-state index is 8.92. The van der Waals surface area contributed by atoms with Crippen molar-refractivity contribution in [3.05, 3.63) is 23.9 Å². The topological polar surface area (TPSA) is 62.0 Å². The maximum atomic E-state index is 8.92. The van der Waals surface area contributed by atoms with Crippen molar-refractivity contribution < 1.29 is 5.11 Å². The number of aliphatic hydroxyl groups excluding tert-OH is 1. The Morgan fingerprint density at radius 3 is 2.94 bits per heavy atom. The molecule has 0 amide bonds. The number of hydrogen-bond acceptors (Lipinski definition) is 3. The highest BCUT2D eigenvalue weighted by Crippen LogP contribution is 2.35. The molecule has 17 heavy (non-hydrogen) atoms. The van der Waals surface area contributed by atoms with Crippen LogP contribution in [0.25, 0.3) is 10.9 Å². The number of rotatable bonds is 5. The summed E-state index contributed by atoms with van der Waals surface area (Å²) in [4.78, 5) is 4.44. The fourth-order valence-electron chi connectivity index (χ4n) is 2.04. The van der Waals surface area contributed by atoms with Crippen LogP contribution in [0.4, 0.5) is 5.69 Å². The van der Waals surface area contributed by atoms with E-state index in [-0.39, 0.29) is 6.61 Å². The third-order valence-corrected chi connectivity index (χ3v) is 3.82. The average Bonchev–Trinajstić information content (AvgIpc) is 2.74. The average molecular weight is 250 g/mol. The largest absolute Gasteiger partial charge is 0.398 e. The number of nitrogens with two attached hydrogens (primary N) is 1. The molecule has 2 rings (SSSR count). The van der Waals surface area contributed by atoms with E-state index in [1.54, 1.807) is 11.8 Å². The Hall–Kier alpha value is -1.13. The van der Waals surface area contributed by atoms with Crippen molar-refractivity contribution in [1.82, 2.24) is 4.98 Å². The second-order valence-corrected chi connectivity index (χ2v) is 5.25. The van der Waals surface area contributed by atoms with E-state index in [1.807, 2.05) is 18.3 Å². The van der Waals surface area contributed by atoms with Crippen LogP contribution in [0.3, 0.4) is 0 Å². The first-order chi connectivity index (χ1) is 8.27. The minimum absolute atomic E-state index is 0.227. The van der Waals surface area contributed by atoms with E-state index in [0.717, 1.165) is 29.8 Å². The smallest absolute Gasteiger partial charge is 0.0469 e. The summed E-state index contributed by atoms with van der Waals surface area (Å²) in [6.07, 6.45) is 3.70. The first-order valence-corrected chi connectivity index (χ1v) is 6.88. The molecule has 0 saturated heterocycles. The van der Waals surface area contributed by atoms with Gasteiger partial charge in [-0.25, -0.2) is 0 Å². The van der Waals surface area contributed by atoms with Crippen molar-refractivity contribution in [2.24, 2.45) is 0 Å². The summed E-state index contributed by atoms with van der Waals surface area (Å²) >= 11 is 1.78. The third kappa shape index (κ3) is 2.42. The standard InChI is InChI=1S/C13H18N2OS/c1-2-17-13-10(14)5-6-11-12(13)9(8-15-11)4-3-7-16/h5-6,8,15-16H,2-4,7,14H2,1H3. The van der Waals surface area contributed by atoms with Crippen LogP contribution < -0.4 is 5.73 Å². The Kier molecular flexibility index (Phi) is 3.97. The molecule has 0 aliphatic rings. The van der Waals surface area contributed by atoms with Crippen LogP contribution in [0.5, 0.6) is 0 Å². The zero-order valence-corrected chi connectivity index (χ0v) is 10.8. The Morgan fingerprint density at radius 1 is 1.41 bits per heavy atom. The van der Waals surface area contributed by atoms with Crippen LogP contribution in [0.15, 0.2) is 23.2 Å². The molecule has 4 heteroatoms. The number of thioether (sulfide) groups is 1. The number of nitrogens with one attached hydrogen (secondary N) is 1. The third-order valence-electron chi connectivity index (χ3n) is 2.80. The van der Waals surface area contributed by atoms with Crippen LogP contribution in [0.1, 0.15) is 18.9 Å². The molecule has 0 aliphatic carbocycles. The molecule has 92 valence electrons. The van der Waals surface area contributed by atoms with Crippen molar-refractivity contribution >= 4 is 28.4 Å². The summed E-state index contributed by atoms with van der Waals surface area (Å²) in [5.41, 5.74) is 9.26. The molecule has 1 aromatic carbocycles. The minimum atomic E-state index is 0.227. The lowest BCUT2D eigenvalue weighted by molar-refractivity contribution is 0.289. The second kappa shape index (κ2) is 5.47. The highest BCUT2D eigenvalue weighted by atomic mass is 32.2. The molecule has 3 nitrogen and oxygen atoms in total. The number of aliphatic hydroxyl groups is 1. The minimum Gasteiger partial charge on any atom is -0.398 e. The van der Waals surface area contributed by atoms with Crippen molar-refractivity contribution in [2.45, 2.75) is 24.7 Å². The summed E-state index contributed by atoms with van der Waals surface area (Å²) < 4.78 is 0. The molecule has 0 unspecified atom stereocenters. The second-order valence-electron chi connectivity index (χ2n) is 3.98. The number of nitrogen functional groups attached to an aromatic ring is 1. The number of aromatic nitrogens is 1. The molecule has 0 atom stereocenters. The molecule has 0 saturated carbocycles. The monoisotopic (exact) mass is 250 g/mol. The Morgan fingerprint density at radius 2 is 2.24 bits per heavy atom. The molecule has 1 aromatic heterocycles. The van der Waals surface area contributed by atoms with Gasteiger partial charge in [-0.15, -0.1) is 11.8 Å². The zero-order valence-electron chi connectivity index (χ0n) is 9.99. The molecule has 0 spiro atoms. The lowest BCUT2D eigenvalue weighted by Crippen LogP contribution is -1.92. The molecule has 1 heterocycles. The Balaban J connectivity index is 2.50. The predicted octanol–water partition coefficient (Wildman–Crippen LogP) is 2.79. The molecule has 0 fully saturated rings. The highest BCUT2D eigenvalue weighted by Gasteiger charge is 2.11. The summed E-state index contributed by atoms with van der Waals surface area (Å²) in [5, 5.41) is 10.2. The molecule has 2 aromatic rings. The van der Waals surface area contributed by atoms with E-state index in [0.29, 0.717) is 0 Å². The van der Waals surface area contributed by atoms with Gasteiger partial charge in [0.2, 0.25) is 0 Å². The van der Waals surface area contributed by atoms with Crippen LogP contribution in [0, 0.1) is 0 Å². The Labute approximate surface area is 105 Å². The molecule has 0 aliphatic heterocycles. The van der Waals surface area contributed by atoms with Gasteiger partial charge in [0.25, 0.3) is 0 Å². The molecular weight excluding hydrogens is 232 g/mol. The molecular formula is C13H18N2OS. The van der Waals surface area contributed by atoms with Gasteiger partial charge in [-0.2, -0.15) is 0 Å². The van der Waals surface area contributed by atoms with E-state index < -0.39 is 0 Å². The van der Waals surface area contributed by atoms with Gasteiger partial charge in [0.1, 0.15) is 0 Å². The van der Waals surface area contributed by atoms with E-state index in [9.17, 15) is 0 Å². The number of H-pyrrole nitrogens is 1. The number of aromatic amines is 1. The summed E-state index contributed by atoms with van der Waals surface area (Å²) in [5.74, 6) is 1.01. The number of fused-ring (bicyclic) bond motifs is 1. The van der Waals surface area contributed by atoms with Gasteiger partial charge in [-0.1, -0.05) is 6.92 Å². The van der Waals surface area contributed by atoms with Gasteiger partial charge in [-0.3, -0.25) is 0 Å². The first kappa shape index (κ1) is 12.3. The number of benzene rings is 1. The SMILES string of the molecule is CCSc1c(N)ccc2[nH]cc(CCCO)c12.